The van der Waals surface area contributed by atoms with Gasteiger partial charge in [0.15, 0.2) is 0 Å². The molecule has 0 aliphatic rings. The number of nitrogens with zero attached hydrogens (tertiary/aromatic N) is 2. The zero-order valence-corrected chi connectivity index (χ0v) is 11.0. The lowest BCUT2D eigenvalue weighted by molar-refractivity contribution is -0.384. The van der Waals surface area contributed by atoms with Crippen molar-refractivity contribution in [3.63, 3.8) is 0 Å². The van der Waals surface area contributed by atoms with Crippen molar-refractivity contribution < 1.29 is 10.0 Å². The minimum atomic E-state index is -0.587. The van der Waals surface area contributed by atoms with Crippen LogP contribution in [-0.4, -0.2) is 27.7 Å². The number of hydrogen-bond donors (Lipinski definition) is 4. The standard InChI is InChI=1S/C11H19N5O3/c1-7(2)5-8(17)6-13-11-9(16(18)19)3-4-10(14-11)15-12/h3-4,7-8,17H,5-6,12H2,1-2H3,(H2,13,14,15). The van der Waals surface area contributed by atoms with Crippen LogP contribution < -0.4 is 16.6 Å². The number of nitro groups is 1. The van der Waals surface area contributed by atoms with Crippen molar-refractivity contribution in [1.82, 2.24) is 4.98 Å². The second-order valence-electron chi connectivity index (χ2n) is 4.63. The van der Waals surface area contributed by atoms with Gasteiger partial charge in [0.1, 0.15) is 5.82 Å². The Hall–Kier alpha value is -1.93. The fourth-order valence-electron chi connectivity index (χ4n) is 1.65. The Morgan fingerprint density at radius 2 is 2.21 bits per heavy atom. The van der Waals surface area contributed by atoms with Crippen molar-refractivity contribution >= 4 is 17.3 Å². The molecule has 1 unspecified atom stereocenters. The molecule has 0 bridgehead atoms. The Morgan fingerprint density at radius 1 is 1.53 bits per heavy atom. The van der Waals surface area contributed by atoms with Gasteiger partial charge in [-0.15, -0.1) is 0 Å². The number of nitrogens with two attached hydrogens (primary N) is 1. The molecule has 19 heavy (non-hydrogen) atoms. The van der Waals surface area contributed by atoms with Crippen molar-refractivity contribution in [1.29, 1.82) is 0 Å². The molecule has 106 valence electrons. The Kier molecular flexibility index (Phi) is 5.46. The highest BCUT2D eigenvalue weighted by molar-refractivity contribution is 5.60. The molecule has 0 amide bonds. The smallest absolute Gasteiger partial charge is 0.311 e. The van der Waals surface area contributed by atoms with Crippen LogP contribution in [0.2, 0.25) is 0 Å². The van der Waals surface area contributed by atoms with E-state index in [0.717, 1.165) is 0 Å². The summed E-state index contributed by atoms with van der Waals surface area (Å²) in [5.41, 5.74) is 2.16. The molecular formula is C11H19N5O3. The number of nitrogens with one attached hydrogen (secondary N) is 2. The van der Waals surface area contributed by atoms with E-state index in [1.165, 1.54) is 12.1 Å². The molecular weight excluding hydrogens is 250 g/mol. The van der Waals surface area contributed by atoms with E-state index in [4.69, 9.17) is 5.84 Å². The molecule has 0 aliphatic carbocycles. The first-order valence-electron chi connectivity index (χ1n) is 5.98. The maximum atomic E-state index is 10.9. The van der Waals surface area contributed by atoms with Crippen molar-refractivity contribution in [2.45, 2.75) is 26.4 Å². The van der Waals surface area contributed by atoms with E-state index in [9.17, 15) is 15.2 Å². The summed E-state index contributed by atoms with van der Waals surface area (Å²) in [4.78, 5) is 14.3. The van der Waals surface area contributed by atoms with Gasteiger partial charge in [-0.2, -0.15) is 0 Å². The van der Waals surface area contributed by atoms with Crippen LogP contribution in [0.25, 0.3) is 0 Å². The molecule has 0 saturated heterocycles. The second kappa shape index (κ2) is 6.86. The van der Waals surface area contributed by atoms with Gasteiger partial charge < -0.3 is 15.8 Å². The van der Waals surface area contributed by atoms with Crippen LogP contribution in [0.15, 0.2) is 12.1 Å². The molecule has 1 aromatic heterocycles. The number of anilines is 2. The average molecular weight is 269 g/mol. The zero-order valence-electron chi connectivity index (χ0n) is 11.0. The van der Waals surface area contributed by atoms with Crippen LogP contribution in [0.5, 0.6) is 0 Å². The number of hydrogen-bond acceptors (Lipinski definition) is 7. The van der Waals surface area contributed by atoms with E-state index in [-0.39, 0.29) is 18.1 Å². The van der Waals surface area contributed by atoms with Gasteiger partial charge in [-0.05, 0) is 18.4 Å². The molecule has 1 aromatic rings. The molecule has 0 spiro atoms. The molecule has 1 rings (SSSR count). The molecule has 5 N–H and O–H groups in total. The third kappa shape index (κ3) is 4.68. The van der Waals surface area contributed by atoms with Crippen LogP contribution in [0.4, 0.5) is 17.3 Å². The summed E-state index contributed by atoms with van der Waals surface area (Å²) in [5.74, 6) is 5.95. The maximum Gasteiger partial charge on any atom is 0.311 e. The van der Waals surface area contributed by atoms with Gasteiger partial charge in [-0.25, -0.2) is 10.8 Å². The van der Waals surface area contributed by atoms with E-state index in [1.807, 2.05) is 13.8 Å². The summed E-state index contributed by atoms with van der Waals surface area (Å²) in [6, 6.07) is 2.72. The molecule has 0 aliphatic heterocycles. The van der Waals surface area contributed by atoms with Crippen LogP contribution in [0, 0.1) is 16.0 Å². The van der Waals surface area contributed by atoms with E-state index in [2.05, 4.69) is 15.7 Å². The van der Waals surface area contributed by atoms with Gasteiger partial charge in [0, 0.05) is 12.6 Å². The lowest BCUT2D eigenvalue weighted by atomic mass is 10.1. The van der Waals surface area contributed by atoms with E-state index in [0.29, 0.717) is 18.2 Å². The van der Waals surface area contributed by atoms with Crippen LogP contribution in [-0.2, 0) is 0 Å². The average Bonchev–Trinajstić information content (AvgIpc) is 2.34. The van der Waals surface area contributed by atoms with Gasteiger partial charge in [0.05, 0.1) is 11.0 Å². The number of aliphatic hydroxyl groups is 1. The summed E-state index contributed by atoms with van der Waals surface area (Å²) in [7, 11) is 0. The van der Waals surface area contributed by atoms with Crippen molar-refractivity contribution in [3.05, 3.63) is 22.2 Å². The molecule has 1 heterocycles. The Morgan fingerprint density at radius 3 is 2.74 bits per heavy atom. The number of aromatic nitrogens is 1. The second-order valence-corrected chi connectivity index (χ2v) is 4.63. The fraction of sp³-hybridized carbons (Fsp3) is 0.545. The molecule has 8 nitrogen and oxygen atoms in total. The quantitative estimate of drug-likeness (QED) is 0.331. The molecule has 8 heteroatoms. The number of pyridine rings is 1. The SMILES string of the molecule is CC(C)CC(O)CNc1nc(NN)ccc1[N+](=O)[O-]. The van der Waals surface area contributed by atoms with Gasteiger partial charge in [0.25, 0.3) is 0 Å². The topological polar surface area (TPSA) is 126 Å². The van der Waals surface area contributed by atoms with Gasteiger partial charge in [-0.3, -0.25) is 10.1 Å². The lowest BCUT2D eigenvalue weighted by Crippen LogP contribution is -2.22. The first-order chi connectivity index (χ1) is 8.93. The largest absolute Gasteiger partial charge is 0.391 e. The molecule has 0 aromatic carbocycles. The Balaban J connectivity index is 2.77. The van der Waals surface area contributed by atoms with Gasteiger partial charge in [0.2, 0.25) is 5.82 Å². The van der Waals surface area contributed by atoms with Crippen LogP contribution in [0.3, 0.4) is 0 Å². The number of hydrazine groups is 1. The van der Waals surface area contributed by atoms with E-state index < -0.39 is 11.0 Å². The normalized spacial score (nSPS) is 12.3. The summed E-state index contributed by atoms with van der Waals surface area (Å²) < 4.78 is 0. The zero-order chi connectivity index (χ0) is 14.4. The summed E-state index contributed by atoms with van der Waals surface area (Å²) in [5, 5.41) is 23.4. The third-order valence-corrected chi connectivity index (χ3v) is 2.47. The fourth-order valence-corrected chi connectivity index (χ4v) is 1.65. The monoisotopic (exact) mass is 269 g/mol. The predicted octanol–water partition coefficient (Wildman–Crippen LogP) is 1.09. The summed E-state index contributed by atoms with van der Waals surface area (Å²) in [6.45, 7) is 4.17. The summed E-state index contributed by atoms with van der Waals surface area (Å²) >= 11 is 0. The molecule has 0 fully saturated rings. The Bertz CT molecular complexity index is 438. The minimum absolute atomic E-state index is 0.0863. The Labute approximate surface area is 111 Å². The lowest BCUT2D eigenvalue weighted by Gasteiger charge is -2.14. The third-order valence-electron chi connectivity index (χ3n) is 2.47. The highest BCUT2D eigenvalue weighted by Gasteiger charge is 2.17. The van der Waals surface area contributed by atoms with Crippen LogP contribution >= 0.6 is 0 Å². The highest BCUT2D eigenvalue weighted by Crippen LogP contribution is 2.23. The number of nitrogen functional groups attached to an aromatic ring is 1. The van der Waals surface area contributed by atoms with E-state index >= 15 is 0 Å². The van der Waals surface area contributed by atoms with Crippen molar-refractivity contribution in [2.75, 3.05) is 17.3 Å². The van der Waals surface area contributed by atoms with Crippen molar-refractivity contribution in [2.24, 2.45) is 11.8 Å². The van der Waals surface area contributed by atoms with Crippen molar-refractivity contribution in [3.8, 4) is 0 Å². The number of rotatable bonds is 7. The predicted molar refractivity (Wildman–Crippen MR) is 72.7 cm³/mol. The van der Waals surface area contributed by atoms with E-state index in [1.54, 1.807) is 0 Å². The highest BCUT2D eigenvalue weighted by atomic mass is 16.6. The molecule has 0 radical (unpaired) electrons. The maximum absolute atomic E-state index is 10.9. The molecule has 1 atom stereocenters. The number of aliphatic hydroxyl groups excluding tert-OH is 1. The van der Waals surface area contributed by atoms with Crippen LogP contribution in [0.1, 0.15) is 20.3 Å². The first-order valence-corrected chi connectivity index (χ1v) is 5.98. The first kappa shape index (κ1) is 15.1. The minimum Gasteiger partial charge on any atom is -0.391 e. The van der Waals surface area contributed by atoms with Gasteiger partial charge >= 0.3 is 5.69 Å². The van der Waals surface area contributed by atoms with Gasteiger partial charge in [-0.1, -0.05) is 13.8 Å². The summed E-state index contributed by atoms with van der Waals surface area (Å²) in [6.07, 6.45) is 0.0196. The molecule has 0 saturated carbocycles.